The van der Waals surface area contributed by atoms with Gasteiger partial charge in [0, 0.05) is 22.7 Å². The van der Waals surface area contributed by atoms with Gasteiger partial charge in [0.1, 0.15) is 5.01 Å². The van der Waals surface area contributed by atoms with Crippen molar-refractivity contribution in [2.75, 3.05) is 12.3 Å². The summed E-state index contributed by atoms with van der Waals surface area (Å²) in [5.41, 5.74) is 7.15. The van der Waals surface area contributed by atoms with Gasteiger partial charge in [0.25, 0.3) is 5.91 Å². The van der Waals surface area contributed by atoms with Crippen LogP contribution in [0.4, 0.5) is 5.69 Å². The highest BCUT2D eigenvalue weighted by molar-refractivity contribution is 8.01. The molecule has 0 aliphatic heterocycles. The standard InChI is InChI=1S/C12H14N4OS2/c1-3-14-11(17)8-4-5-9(13)10(6-8)19-12-16-15-7(2)18-12/h4-6H,3,13H2,1-2H3,(H,14,17). The molecule has 7 heteroatoms. The smallest absolute Gasteiger partial charge is 0.251 e. The molecule has 0 fully saturated rings. The summed E-state index contributed by atoms with van der Waals surface area (Å²) in [7, 11) is 0. The lowest BCUT2D eigenvalue weighted by Crippen LogP contribution is -2.22. The first kappa shape index (κ1) is 13.8. The predicted molar refractivity (Wildman–Crippen MR) is 77.6 cm³/mol. The van der Waals surface area contributed by atoms with E-state index in [1.807, 2.05) is 13.8 Å². The number of aryl methyl sites for hydroxylation is 1. The highest BCUT2D eigenvalue weighted by atomic mass is 32.2. The van der Waals surface area contributed by atoms with Crippen LogP contribution in [0.15, 0.2) is 27.4 Å². The summed E-state index contributed by atoms with van der Waals surface area (Å²) in [5.74, 6) is -0.0993. The molecule has 2 rings (SSSR count). The molecule has 0 bridgehead atoms. The molecule has 100 valence electrons. The Labute approximate surface area is 119 Å². The van der Waals surface area contributed by atoms with Crippen LogP contribution in [0.2, 0.25) is 0 Å². The van der Waals surface area contributed by atoms with E-state index in [4.69, 9.17) is 5.73 Å². The predicted octanol–water partition coefficient (Wildman–Crippen LogP) is 2.33. The molecule has 2 aromatic rings. The molecular formula is C12H14N4OS2. The minimum Gasteiger partial charge on any atom is -0.398 e. The second-order valence-corrected chi connectivity index (χ2v) is 6.27. The lowest BCUT2D eigenvalue weighted by atomic mass is 10.2. The fourth-order valence-electron chi connectivity index (χ4n) is 1.44. The van der Waals surface area contributed by atoms with Crippen molar-refractivity contribution in [2.45, 2.75) is 23.1 Å². The zero-order valence-corrected chi connectivity index (χ0v) is 12.3. The van der Waals surface area contributed by atoms with Crippen LogP contribution in [0.5, 0.6) is 0 Å². The Morgan fingerprint density at radius 1 is 1.47 bits per heavy atom. The van der Waals surface area contributed by atoms with Crippen molar-refractivity contribution in [3.63, 3.8) is 0 Å². The van der Waals surface area contributed by atoms with Crippen LogP contribution >= 0.6 is 23.1 Å². The van der Waals surface area contributed by atoms with Crippen molar-refractivity contribution in [3.8, 4) is 0 Å². The largest absolute Gasteiger partial charge is 0.398 e. The van der Waals surface area contributed by atoms with E-state index in [2.05, 4.69) is 15.5 Å². The van der Waals surface area contributed by atoms with Gasteiger partial charge < -0.3 is 11.1 Å². The Kier molecular flexibility index (Phi) is 4.39. The van der Waals surface area contributed by atoms with Gasteiger partial charge in [-0.3, -0.25) is 4.79 Å². The average Bonchev–Trinajstić information content (AvgIpc) is 2.78. The maximum absolute atomic E-state index is 11.8. The van der Waals surface area contributed by atoms with Gasteiger partial charge in [-0.15, -0.1) is 10.2 Å². The number of rotatable bonds is 4. The zero-order chi connectivity index (χ0) is 13.8. The molecular weight excluding hydrogens is 280 g/mol. The molecule has 0 atom stereocenters. The van der Waals surface area contributed by atoms with Gasteiger partial charge in [-0.25, -0.2) is 0 Å². The summed E-state index contributed by atoms with van der Waals surface area (Å²) in [6.07, 6.45) is 0. The maximum Gasteiger partial charge on any atom is 0.251 e. The van der Waals surface area contributed by atoms with E-state index in [0.29, 0.717) is 17.8 Å². The molecule has 5 nitrogen and oxygen atoms in total. The van der Waals surface area contributed by atoms with E-state index >= 15 is 0 Å². The number of nitrogens with zero attached hydrogens (tertiary/aromatic N) is 2. The molecule has 1 aromatic heterocycles. The molecule has 0 spiro atoms. The number of aromatic nitrogens is 2. The average molecular weight is 294 g/mol. The van der Waals surface area contributed by atoms with E-state index in [0.717, 1.165) is 14.2 Å². The summed E-state index contributed by atoms with van der Waals surface area (Å²) < 4.78 is 0.817. The van der Waals surface area contributed by atoms with Crippen molar-refractivity contribution in [1.29, 1.82) is 0 Å². The van der Waals surface area contributed by atoms with Crippen LogP contribution in [0.1, 0.15) is 22.3 Å². The first-order valence-corrected chi connectivity index (χ1v) is 7.39. The van der Waals surface area contributed by atoms with Gasteiger partial charge in [0.2, 0.25) is 0 Å². The minimum atomic E-state index is -0.0993. The van der Waals surface area contributed by atoms with E-state index in [-0.39, 0.29) is 5.91 Å². The third kappa shape index (κ3) is 3.45. The van der Waals surface area contributed by atoms with E-state index < -0.39 is 0 Å². The highest BCUT2D eigenvalue weighted by Gasteiger charge is 2.10. The van der Waals surface area contributed by atoms with Crippen LogP contribution in [-0.2, 0) is 0 Å². The number of anilines is 1. The topological polar surface area (TPSA) is 80.9 Å². The number of nitrogens with two attached hydrogens (primary N) is 1. The van der Waals surface area contributed by atoms with Crippen LogP contribution in [-0.4, -0.2) is 22.6 Å². The molecule has 0 saturated heterocycles. The third-order valence-electron chi connectivity index (χ3n) is 2.32. The number of amides is 1. The second kappa shape index (κ2) is 6.03. The van der Waals surface area contributed by atoms with Gasteiger partial charge in [0.05, 0.1) is 0 Å². The third-order valence-corrected chi connectivity index (χ3v) is 4.28. The lowest BCUT2D eigenvalue weighted by Gasteiger charge is -2.06. The van der Waals surface area contributed by atoms with Crippen molar-refractivity contribution in [3.05, 3.63) is 28.8 Å². The highest BCUT2D eigenvalue weighted by Crippen LogP contribution is 2.34. The number of hydrogen-bond acceptors (Lipinski definition) is 6. The summed E-state index contributed by atoms with van der Waals surface area (Å²) in [6, 6.07) is 5.23. The Morgan fingerprint density at radius 3 is 2.89 bits per heavy atom. The lowest BCUT2D eigenvalue weighted by molar-refractivity contribution is 0.0955. The Balaban J connectivity index is 2.24. The van der Waals surface area contributed by atoms with E-state index in [1.54, 1.807) is 18.2 Å². The Bertz CT molecular complexity index is 597. The van der Waals surface area contributed by atoms with Crippen LogP contribution in [0.25, 0.3) is 0 Å². The van der Waals surface area contributed by atoms with Gasteiger partial charge in [-0.2, -0.15) is 0 Å². The van der Waals surface area contributed by atoms with Crippen molar-refractivity contribution in [2.24, 2.45) is 0 Å². The Hall–Kier alpha value is -1.60. The summed E-state index contributed by atoms with van der Waals surface area (Å²) in [6.45, 7) is 4.38. The van der Waals surface area contributed by atoms with Gasteiger partial charge in [-0.1, -0.05) is 23.1 Å². The Morgan fingerprint density at radius 2 is 2.26 bits per heavy atom. The minimum absolute atomic E-state index is 0.0993. The van der Waals surface area contributed by atoms with Gasteiger partial charge in [-0.05, 0) is 32.0 Å². The van der Waals surface area contributed by atoms with Gasteiger partial charge in [0.15, 0.2) is 4.34 Å². The normalized spacial score (nSPS) is 10.4. The van der Waals surface area contributed by atoms with Crippen LogP contribution in [0.3, 0.4) is 0 Å². The molecule has 0 radical (unpaired) electrons. The van der Waals surface area contributed by atoms with Gasteiger partial charge >= 0.3 is 0 Å². The number of carbonyl (C=O) groups is 1. The van der Waals surface area contributed by atoms with Crippen molar-refractivity contribution in [1.82, 2.24) is 15.5 Å². The molecule has 0 aliphatic carbocycles. The number of nitrogen functional groups attached to an aromatic ring is 1. The van der Waals surface area contributed by atoms with E-state index in [9.17, 15) is 4.79 Å². The molecule has 19 heavy (non-hydrogen) atoms. The van der Waals surface area contributed by atoms with Crippen LogP contribution < -0.4 is 11.1 Å². The first-order chi connectivity index (χ1) is 9.10. The molecule has 3 N–H and O–H groups in total. The van der Waals surface area contributed by atoms with Crippen molar-refractivity contribution >= 4 is 34.7 Å². The maximum atomic E-state index is 11.8. The fraction of sp³-hybridized carbons (Fsp3) is 0.250. The molecule has 1 heterocycles. The molecule has 1 aromatic carbocycles. The number of carbonyl (C=O) groups excluding carboxylic acids is 1. The first-order valence-electron chi connectivity index (χ1n) is 5.76. The zero-order valence-electron chi connectivity index (χ0n) is 10.6. The summed E-state index contributed by atoms with van der Waals surface area (Å²) in [5, 5.41) is 11.7. The monoisotopic (exact) mass is 294 g/mol. The molecule has 0 unspecified atom stereocenters. The summed E-state index contributed by atoms with van der Waals surface area (Å²) >= 11 is 2.93. The fourth-order valence-corrected chi connectivity index (χ4v) is 3.30. The number of benzene rings is 1. The second-order valence-electron chi connectivity index (χ2n) is 3.80. The molecule has 0 saturated carbocycles. The molecule has 1 amide bonds. The van der Waals surface area contributed by atoms with E-state index in [1.165, 1.54) is 23.1 Å². The summed E-state index contributed by atoms with van der Waals surface area (Å²) in [4.78, 5) is 12.6. The SMILES string of the molecule is CCNC(=O)c1ccc(N)c(Sc2nnc(C)s2)c1. The number of hydrogen-bond donors (Lipinski definition) is 2. The van der Waals surface area contributed by atoms with Crippen LogP contribution in [0, 0.1) is 6.92 Å². The number of nitrogens with one attached hydrogen (secondary N) is 1. The molecule has 0 aliphatic rings. The van der Waals surface area contributed by atoms with Crippen molar-refractivity contribution < 1.29 is 4.79 Å². The quantitative estimate of drug-likeness (QED) is 0.846.